The zero-order chi connectivity index (χ0) is 20.2. The molecule has 6 nitrogen and oxygen atoms in total. The summed E-state index contributed by atoms with van der Waals surface area (Å²) in [5.41, 5.74) is 1.07. The Bertz CT molecular complexity index is 751. The van der Waals surface area contributed by atoms with Crippen molar-refractivity contribution in [2.45, 2.75) is 52.1 Å². The topological polar surface area (TPSA) is 76.7 Å². The summed E-state index contributed by atoms with van der Waals surface area (Å²) in [4.78, 5) is 23.4. The van der Waals surface area contributed by atoms with Crippen LogP contribution < -0.4 is 15.4 Å². The predicted molar refractivity (Wildman–Crippen MR) is 102 cm³/mol. The number of nitrogens with one attached hydrogen (secondary N) is 2. The maximum atomic E-state index is 13.1. The van der Waals surface area contributed by atoms with E-state index in [4.69, 9.17) is 9.47 Å². The first kappa shape index (κ1) is 20.7. The molecule has 0 saturated heterocycles. The number of rotatable bonds is 5. The molecule has 0 unspecified atom stereocenters. The highest BCUT2D eigenvalue weighted by Crippen LogP contribution is 2.39. The number of anilines is 1. The molecule has 2 amide bonds. The van der Waals surface area contributed by atoms with Crippen molar-refractivity contribution in [1.82, 2.24) is 5.32 Å². The van der Waals surface area contributed by atoms with E-state index >= 15 is 0 Å². The molecule has 0 radical (unpaired) electrons. The molecule has 1 heterocycles. The van der Waals surface area contributed by atoms with Crippen molar-refractivity contribution in [3.05, 3.63) is 35.7 Å². The van der Waals surface area contributed by atoms with Gasteiger partial charge in [0.1, 0.15) is 18.0 Å². The van der Waals surface area contributed by atoms with Crippen molar-refractivity contribution in [1.29, 1.82) is 0 Å². The van der Waals surface area contributed by atoms with Crippen LogP contribution in [0.15, 0.2) is 30.1 Å². The Morgan fingerprint density at radius 3 is 2.70 bits per heavy atom. The normalized spacial score (nSPS) is 16.2. The van der Waals surface area contributed by atoms with Crippen LogP contribution in [0.5, 0.6) is 5.75 Å². The number of hydrogen-bond donors (Lipinski definition) is 2. The van der Waals surface area contributed by atoms with Crippen molar-refractivity contribution in [3.63, 3.8) is 0 Å². The summed E-state index contributed by atoms with van der Waals surface area (Å²) < 4.78 is 23.9. The molecule has 1 aliphatic heterocycles. The van der Waals surface area contributed by atoms with E-state index in [1.807, 2.05) is 19.9 Å². The standard InChI is InChI=1S/C20H27FN2O4/c1-19(2,3)27-18(25)22-11-13(10-21)12-26-14-6-7-16-15(8-14)20(4,5)9-17(24)23-16/h6-8,10H,9,11-12H2,1-5H3,(H,22,25)(H,23,24)/b13-10+. The third-order valence-corrected chi connectivity index (χ3v) is 4.03. The highest BCUT2D eigenvalue weighted by molar-refractivity contribution is 5.95. The first-order chi connectivity index (χ1) is 12.5. The zero-order valence-corrected chi connectivity index (χ0v) is 16.4. The molecule has 2 N–H and O–H groups in total. The van der Waals surface area contributed by atoms with Gasteiger partial charge in [-0.3, -0.25) is 4.79 Å². The van der Waals surface area contributed by atoms with E-state index < -0.39 is 11.7 Å². The predicted octanol–water partition coefficient (Wildman–Crippen LogP) is 4.06. The first-order valence-electron chi connectivity index (χ1n) is 8.82. The lowest BCUT2D eigenvalue weighted by Crippen LogP contribution is -2.34. The summed E-state index contributed by atoms with van der Waals surface area (Å²) in [5, 5.41) is 5.34. The van der Waals surface area contributed by atoms with E-state index in [2.05, 4.69) is 10.6 Å². The number of amides is 2. The summed E-state index contributed by atoms with van der Waals surface area (Å²) >= 11 is 0. The first-order valence-corrected chi connectivity index (χ1v) is 8.82. The molecule has 148 valence electrons. The van der Waals surface area contributed by atoms with Crippen molar-refractivity contribution in [2.24, 2.45) is 0 Å². The Morgan fingerprint density at radius 1 is 1.37 bits per heavy atom. The Hall–Kier alpha value is -2.57. The second-order valence-corrected chi connectivity index (χ2v) is 8.23. The quantitative estimate of drug-likeness (QED) is 0.810. The van der Waals surface area contributed by atoms with Gasteiger partial charge in [0.25, 0.3) is 0 Å². The second-order valence-electron chi connectivity index (χ2n) is 8.23. The van der Waals surface area contributed by atoms with Crippen LogP contribution in [0.2, 0.25) is 0 Å². The molecule has 1 aromatic rings. The van der Waals surface area contributed by atoms with Crippen LogP contribution in [0.1, 0.15) is 46.6 Å². The summed E-state index contributed by atoms with van der Waals surface area (Å²) in [7, 11) is 0. The number of fused-ring (bicyclic) bond motifs is 1. The molecular formula is C20H27FN2O4. The van der Waals surface area contributed by atoms with Gasteiger partial charge in [-0.2, -0.15) is 0 Å². The van der Waals surface area contributed by atoms with Crippen LogP contribution in [0, 0.1) is 0 Å². The highest BCUT2D eigenvalue weighted by atomic mass is 19.1. The number of benzene rings is 1. The molecule has 27 heavy (non-hydrogen) atoms. The Morgan fingerprint density at radius 2 is 2.07 bits per heavy atom. The summed E-state index contributed by atoms with van der Waals surface area (Å²) in [6.45, 7) is 9.21. The van der Waals surface area contributed by atoms with Gasteiger partial charge < -0.3 is 20.1 Å². The Labute approximate surface area is 159 Å². The molecule has 0 aromatic heterocycles. The van der Waals surface area contributed by atoms with E-state index in [0.29, 0.717) is 18.5 Å². The minimum atomic E-state index is -0.620. The molecule has 0 saturated carbocycles. The third-order valence-electron chi connectivity index (χ3n) is 4.03. The smallest absolute Gasteiger partial charge is 0.407 e. The van der Waals surface area contributed by atoms with Crippen LogP contribution in [-0.4, -0.2) is 30.8 Å². The van der Waals surface area contributed by atoms with Gasteiger partial charge in [0.15, 0.2) is 0 Å². The molecular weight excluding hydrogens is 351 g/mol. The zero-order valence-electron chi connectivity index (χ0n) is 16.4. The molecule has 0 atom stereocenters. The van der Waals surface area contributed by atoms with Crippen LogP contribution >= 0.6 is 0 Å². The molecule has 7 heteroatoms. The van der Waals surface area contributed by atoms with Crippen LogP contribution in [0.4, 0.5) is 14.9 Å². The Balaban J connectivity index is 1.96. The number of carbonyl (C=O) groups excluding carboxylic acids is 2. The molecule has 0 bridgehead atoms. The molecule has 0 aliphatic carbocycles. The number of halogens is 1. The monoisotopic (exact) mass is 378 g/mol. The second kappa shape index (κ2) is 7.98. The molecule has 2 rings (SSSR count). The summed E-state index contributed by atoms with van der Waals surface area (Å²) in [5.74, 6) is 0.548. The minimum Gasteiger partial charge on any atom is -0.489 e. The fourth-order valence-corrected chi connectivity index (χ4v) is 2.77. The maximum absolute atomic E-state index is 13.1. The van der Waals surface area contributed by atoms with E-state index in [1.54, 1.807) is 32.9 Å². The van der Waals surface area contributed by atoms with Gasteiger partial charge in [-0.15, -0.1) is 0 Å². The van der Waals surface area contributed by atoms with Gasteiger partial charge in [-0.1, -0.05) is 13.8 Å². The average Bonchev–Trinajstić information content (AvgIpc) is 2.53. The van der Waals surface area contributed by atoms with Gasteiger partial charge in [0.05, 0.1) is 6.33 Å². The summed E-state index contributed by atoms with van der Waals surface area (Å²) in [6, 6.07) is 5.35. The number of alkyl carbamates (subject to hydrolysis) is 1. The largest absolute Gasteiger partial charge is 0.489 e. The Kier molecular flexibility index (Phi) is 6.13. The molecule has 0 spiro atoms. The van der Waals surface area contributed by atoms with Crippen LogP contribution in [0.25, 0.3) is 0 Å². The summed E-state index contributed by atoms with van der Waals surface area (Å²) in [6.07, 6.45) is 0.187. The van der Waals surface area contributed by atoms with Crippen LogP contribution in [0.3, 0.4) is 0 Å². The van der Waals surface area contributed by atoms with Gasteiger partial charge >= 0.3 is 6.09 Å². The number of ether oxygens (including phenoxy) is 2. The number of hydrogen-bond acceptors (Lipinski definition) is 4. The van der Waals surface area contributed by atoms with Gasteiger partial charge in [-0.25, -0.2) is 9.18 Å². The maximum Gasteiger partial charge on any atom is 0.407 e. The average molecular weight is 378 g/mol. The molecule has 1 aliphatic rings. The van der Waals surface area contributed by atoms with E-state index in [9.17, 15) is 14.0 Å². The highest BCUT2D eigenvalue weighted by Gasteiger charge is 2.32. The van der Waals surface area contributed by atoms with Crippen molar-refractivity contribution >= 4 is 17.7 Å². The lowest BCUT2D eigenvalue weighted by Gasteiger charge is -2.32. The molecule has 1 aromatic carbocycles. The van der Waals surface area contributed by atoms with Crippen molar-refractivity contribution < 1.29 is 23.5 Å². The van der Waals surface area contributed by atoms with E-state index in [0.717, 1.165) is 11.3 Å². The van der Waals surface area contributed by atoms with E-state index in [-0.39, 0.29) is 30.0 Å². The van der Waals surface area contributed by atoms with Gasteiger partial charge in [-0.05, 0) is 44.5 Å². The number of carbonyl (C=O) groups is 2. The van der Waals surface area contributed by atoms with Gasteiger partial charge in [0, 0.05) is 29.6 Å². The third kappa shape index (κ3) is 5.98. The van der Waals surface area contributed by atoms with Crippen LogP contribution in [-0.2, 0) is 14.9 Å². The molecule has 0 fully saturated rings. The minimum absolute atomic E-state index is 0.0160. The van der Waals surface area contributed by atoms with Crippen molar-refractivity contribution in [3.8, 4) is 5.75 Å². The SMILES string of the molecule is CC(C)(C)OC(=O)NC/C(=C\F)COc1ccc2c(c1)C(C)(C)CC(=O)N2. The lowest BCUT2D eigenvalue weighted by atomic mass is 9.78. The van der Waals surface area contributed by atoms with Gasteiger partial charge in [0.2, 0.25) is 5.91 Å². The fraction of sp³-hybridized carbons (Fsp3) is 0.500. The lowest BCUT2D eigenvalue weighted by molar-refractivity contribution is -0.117. The van der Waals surface area contributed by atoms with E-state index in [1.165, 1.54) is 0 Å². The van der Waals surface area contributed by atoms with Crippen molar-refractivity contribution in [2.75, 3.05) is 18.5 Å². The fourth-order valence-electron chi connectivity index (χ4n) is 2.77.